The summed E-state index contributed by atoms with van der Waals surface area (Å²) < 4.78 is 7.49. The van der Waals surface area contributed by atoms with E-state index in [1.807, 2.05) is 15.5 Å². The summed E-state index contributed by atoms with van der Waals surface area (Å²) in [5, 5.41) is 15.0. The molecule has 0 unspecified atom stereocenters. The van der Waals surface area contributed by atoms with E-state index in [4.69, 9.17) is 32.2 Å². The number of anilines is 3. The van der Waals surface area contributed by atoms with Crippen molar-refractivity contribution in [3.05, 3.63) is 46.6 Å². The van der Waals surface area contributed by atoms with Crippen molar-refractivity contribution in [1.29, 1.82) is 0 Å². The van der Waals surface area contributed by atoms with Crippen molar-refractivity contribution in [2.24, 2.45) is 5.92 Å². The van der Waals surface area contributed by atoms with Crippen LogP contribution in [-0.2, 0) is 4.74 Å². The molecule has 37 heavy (non-hydrogen) atoms. The van der Waals surface area contributed by atoms with Crippen LogP contribution in [0.15, 0.2) is 30.3 Å². The number of rotatable bonds is 5. The smallest absolute Gasteiger partial charge is 0.256 e. The van der Waals surface area contributed by atoms with Crippen molar-refractivity contribution in [3.8, 4) is 0 Å². The van der Waals surface area contributed by atoms with E-state index in [1.54, 1.807) is 18.2 Å². The molecule has 3 aliphatic heterocycles. The van der Waals surface area contributed by atoms with Gasteiger partial charge in [0.15, 0.2) is 5.65 Å². The molecule has 0 radical (unpaired) electrons. The van der Waals surface area contributed by atoms with E-state index in [9.17, 15) is 9.90 Å². The first-order valence-corrected chi connectivity index (χ1v) is 13.3. The number of halogens is 1. The molecule has 1 aromatic carbocycles. The van der Waals surface area contributed by atoms with E-state index in [0.717, 1.165) is 68.4 Å². The maximum absolute atomic E-state index is 13.6. The van der Waals surface area contributed by atoms with Gasteiger partial charge < -0.3 is 30.3 Å². The number of nitrogens with zero attached hydrogens (tertiary/aromatic N) is 6. The summed E-state index contributed by atoms with van der Waals surface area (Å²) >= 11 is 6.19. The zero-order chi connectivity index (χ0) is 25.5. The van der Waals surface area contributed by atoms with Crippen LogP contribution < -0.4 is 15.5 Å². The Morgan fingerprint density at radius 2 is 1.92 bits per heavy atom. The normalized spacial score (nSPS) is 20.9. The number of ether oxygens (including phenoxy) is 1. The number of nitrogens with two attached hydrogens (primary N) is 1. The van der Waals surface area contributed by atoms with Crippen LogP contribution in [0.25, 0.3) is 5.65 Å². The molecule has 5 heterocycles. The van der Waals surface area contributed by atoms with Crippen LogP contribution in [0.2, 0.25) is 5.02 Å². The number of hydrogen-bond acceptors (Lipinski definition) is 8. The number of hydrogen-bond donors (Lipinski definition) is 2. The van der Waals surface area contributed by atoms with Crippen molar-refractivity contribution < 1.29 is 14.6 Å². The minimum Gasteiger partial charge on any atom is -0.398 e. The van der Waals surface area contributed by atoms with Gasteiger partial charge in [0, 0.05) is 68.1 Å². The highest BCUT2D eigenvalue weighted by molar-refractivity contribution is 6.31. The SMILES string of the molecule is Nc1ccc(Cl)cc1C(=O)N1CCCC[C@H]1c1cc2nc(N3CC(CO)C3)cc(N3CCOCC3)n2n1. The number of nitrogen functional groups attached to an aromatic ring is 1. The molecule has 1 atom stereocenters. The van der Waals surface area contributed by atoms with Crippen molar-refractivity contribution >= 4 is 40.5 Å². The average molecular weight is 526 g/mol. The Bertz CT molecular complexity index is 1300. The molecular weight excluding hydrogens is 494 g/mol. The summed E-state index contributed by atoms with van der Waals surface area (Å²) in [5.74, 6) is 2.01. The molecule has 10 nitrogen and oxygen atoms in total. The lowest BCUT2D eigenvalue weighted by molar-refractivity contribution is 0.0607. The lowest BCUT2D eigenvalue weighted by Crippen LogP contribution is -2.49. The third-order valence-corrected chi connectivity index (χ3v) is 7.87. The van der Waals surface area contributed by atoms with Gasteiger partial charge in [0.25, 0.3) is 5.91 Å². The standard InChI is InChI=1S/C26H32ClN7O3/c27-18-4-5-20(28)19(11-18)26(36)33-6-2-1-3-22(33)21-12-24-29-23(32-14-17(15-32)16-35)13-25(34(24)30-21)31-7-9-37-10-8-31/h4-5,11-13,17,22,35H,1-3,6-10,14-16,28H2/t22-/m0/s1. The van der Waals surface area contributed by atoms with Crippen LogP contribution in [0.3, 0.4) is 0 Å². The molecule has 3 aliphatic rings. The molecule has 2 aromatic heterocycles. The van der Waals surface area contributed by atoms with E-state index < -0.39 is 0 Å². The van der Waals surface area contributed by atoms with Gasteiger partial charge in [-0.2, -0.15) is 9.61 Å². The molecule has 0 aliphatic carbocycles. The van der Waals surface area contributed by atoms with Gasteiger partial charge in [-0.1, -0.05) is 11.6 Å². The fraction of sp³-hybridized carbons (Fsp3) is 0.500. The molecule has 6 rings (SSSR count). The fourth-order valence-electron chi connectivity index (χ4n) is 5.53. The number of piperidine rings is 1. The highest BCUT2D eigenvalue weighted by atomic mass is 35.5. The third-order valence-electron chi connectivity index (χ3n) is 7.64. The number of carbonyl (C=O) groups is 1. The quantitative estimate of drug-likeness (QED) is 0.489. The second-order valence-corrected chi connectivity index (χ2v) is 10.5. The molecular formula is C26H32ClN7O3. The largest absolute Gasteiger partial charge is 0.398 e. The van der Waals surface area contributed by atoms with Gasteiger partial charge in [0.2, 0.25) is 0 Å². The monoisotopic (exact) mass is 525 g/mol. The third kappa shape index (κ3) is 4.58. The first-order valence-electron chi connectivity index (χ1n) is 13.0. The van der Waals surface area contributed by atoms with Crippen LogP contribution >= 0.6 is 11.6 Å². The fourth-order valence-corrected chi connectivity index (χ4v) is 5.70. The maximum Gasteiger partial charge on any atom is 0.256 e. The number of aromatic nitrogens is 3. The Balaban J connectivity index is 1.38. The van der Waals surface area contributed by atoms with E-state index in [1.165, 1.54) is 0 Å². The number of amides is 1. The van der Waals surface area contributed by atoms with Crippen LogP contribution in [0, 0.1) is 5.92 Å². The molecule has 11 heteroatoms. The van der Waals surface area contributed by atoms with E-state index >= 15 is 0 Å². The maximum atomic E-state index is 13.6. The topological polar surface area (TPSA) is 112 Å². The Labute approximate surface area is 220 Å². The van der Waals surface area contributed by atoms with E-state index in [2.05, 4.69) is 15.9 Å². The van der Waals surface area contributed by atoms with Crippen LogP contribution in [0.5, 0.6) is 0 Å². The highest BCUT2D eigenvalue weighted by Crippen LogP contribution is 2.35. The van der Waals surface area contributed by atoms with Gasteiger partial charge in [0.1, 0.15) is 11.6 Å². The van der Waals surface area contributed by atoms with Gasteiger partial charge in [-0.25, -0.2) is 4.98 Å². The number of benzene rings is 1. The highest BCUT2D eigenvalue weighted by Gasteiger charge is 2.33. The molecule has 3 fully saturated rings. The Morgan fingerprint density at radius 3 is 2.70 bits per heavy atom. The van der Waals surface area contributed by atoms with Crippen LogP contribution in [0.1, 0.15) is 41.4 Å². The van der Waals surface area contributed by atoms with Crippen LogP contribution in [-0.4, -0.2) is 83.1 Å². The van der Waals surface area contributed by atoms with Gasteiger partial charge in [0.05, 0.1) is 30.5 Å². The summed E-state index contributed by atoms with van der Waals surface area (Å²) in [5.41, 5.74) is 8.58. The summed E-state index contributed by atoms with van der Waals surface area (Å²) in [7, 11) is 0. The second kappa shape index (κ2) is 10.00. The Kier molecular flexibility index (Phi) is 6.56. The molecule has 3 N–H and O–H groups in total. The number of morpholine rings is 1. The number of likely N-dealkylation sites (tertiary alicyclic amines) is 1. The van der Waals surface area contributed by atoms with Gasteiger partial charge in [-0.15, -0.1) is 0 Å². The van der Waals surface area contributed by atoms with Crippen molar-refractivity contribution in [1.82, 2.24) is 19.5 Å². The zero-order valence-electron chi connectivity index (χ0n) is 20.7. The molecule has 3 saturated heterocycles. The number of aliphatic hydroxyl groups excluding tert-OH is 1. The summed E-state index contributed by atoms with van der Waals surface area (Å²) in [6, 6.07) is 8.93. The number of carbonyl (C=O) groups excluding carboxylic acids is 1. The predicted octanol–water partition coefficient (Wildman–Crippen LogP) is 2.60. The molecule has 3 aromatic rings. The Morgan fingerprint density at radius 1 is 1.11 bits per heavy atom. The molecule has 0 bridgehead atoms. The second-order valence-electron chi connectivity index (χ2n) is 10.1. The minimum atomic E-state index is -0.176. The average Bonchev–Trinajstić information content (AvgIpc) is 3.33. The minimum absolute atomic E-state index is 0.126. The zero-order valence-corrected chi connectivity index (χ0v) is 21.5. The van der Waals surface area contributed by atoms with Crippen molar-refractivity contribution in [3.63, 3.8) is 0 Å². The first-order chi connectivity index (χ1) is 18.0. The summed E-state index contributed by atoms with van der Waals surface area (Å²) in [6.07, 6.45) is 2.76. The summed E-state index contributed by atoms with van der Waals surface area (Å²) in [6.45, 7) is 5.27. The van der Waals surface area contributed by atoms with Gasteiger partial charge >= 0.3 is 0 Å². The lowest BCUT2D eigenvalue weighted by atomic mass is 9.98. The number of fused-ring (bicyclic) bond motifs is 1. The van der Waals surface area contributed by atoms with Crippen LogP contribution in [0.4, 0.5) is 17.3 Å². The molecule has 1 amide bonds. The molecule has 196 valence electrons. The van der Waals surface area contributed by atoms with Gasteiger partial charge in [-0.05, 0) is 37.5 Å². The van der Waals surface area contributed by atoms with Crippen molar-refractivity contribution in [2.75, 3.05) is 68.1 Å². The lowest BCUT2D eigenvalue weighted by Gasteiger charge is -2.39. The summed E-state index contributed by atoms with van der Waals surface area (Å²) in [4.78, 5) is 24.9. The molecule has 0 spiro atoms. The van der Waals surface area contributed by atoms with E-state index in [-0.39, 0.29) is 24.5 Å². The van der Waals surface area contributed by atoms with E-state index in [0.29, 0.717) is 36.0 Å². The Hall–Kier alpha value is -3.08. The first kappa shape index (κ1) is 24.3. The van der Waals surface area contributed by atoms with Gasteiger partial charge in [-0.3, -0.25) is 4.79 Å². The molecule has 0 saturated carbocycles. The number of aliphatic hydroxyl groups is 1. The van der Waals surface area contributed by atoms with Crippen molar-refractivity contribution in [2.45, 2.75) is 25.3 Å². The predicted molar refractivity (Wildman–Crippen MR) is 142 cm³/mol.